The summed E-state index contributed by atoms with van der Waals surface area (Å²) in [5, 5.41) is 0. The Balaban J connectivity index is 2.24. The van der Waals surface area contributed by atoms with Crippen molar-refractivity contribution in [2.75, 3.05) is 26.0 Å². The van der Waals surface area contributed by atoms with Gasteiger partial charge in [0.1, 0.15) is 0 Å². The van der Waals surface area contributed by atoms with Gasteiger partial charge in [0.05, 0.1) is 0 Å². The normalized spacial score (nSPS) is 29.5. The number of methoxy groups -OCH3 is 1. The standard InChI is InChI=1S/C9H19NOS/c1-11-6-2-4-9(8-10)5-3-7-12-9/h2-8,10H2,1H3. The van der Waals surface area contributed by atoms with E-state index in [0.29, 0.717) is 4.75 Å². The van der Waals surface area contributed by atoms with Gasteiger partial charge in [-0.25, -0.2) is 0 Å². The third-order valence-electron chi connectivity index (χ3n) is 2.54. The van der Waals surface area contributed by atoms with Crippen LogP contribution in [0, 0.1) is 0 Å². The largest absolute Gasteiger partial charge is 0.385 e. The summed E-state index contributed by atoms with van der Waals surface area (Å²) < 4.78 is 5.44. The molecule has 72 valence electrons. The topological polar surface area (TPSA) is 35.2 Å². The van der Waals surface area contributed by atoms with Crippen LogP contribution in [0.1, 0.15) is 25.7 Å². The lowest BCUT2D eigenvalue weighted by Gasteiger charge is -2.25. The number of thioether (sulfide) groups is 1. The van der Waals surface area contributed by atoms with E-state index < -0.39 is 0 Å². The fraction of sp³-hybridized carbons (Fsp3) is 1.00. The molecule has 0 radical (unpaired) electrons. The van der Waals surface area contributed by atoms with Crippen LogP contribution in [0.3, 0.4) is 0 Å². The van der Waals surface area contributed by atoms with Gasteiger partial charge in [0.25, 0.3) is 0 Å². The average Bonchev–Trinajstić information content (AvgIpc) is 2.55. The molecule has 1 atom stereocenters. The minimum atomic E-state index is 0.401. The fourth-order valence-electron chi connectivity index (χ4n) is 1.75. The highest BCUT2D eigenvalue weighted by atomic mass is 32.2. The Labute approximate surface area is 79.2 Å². The molecule has 1 aliphatic rings. The van der Waals surface area contributed by atoms with E-state index in [4.69, 9.17) is 10.5 Å². The Bertz CT molecular complexity index is 124. The summed E-state index contributed by atoms with van der Waals surface area (Å²) in [7, 11) is 1.76. The van der Waals surface area contributed by atoms with E-state index in [9.17, 15) is 0 Å². The maximum absolute atomic E-state index is 5.79. The first-order chi connectivity index (χ1) is 5.83. The van der Waals surface area contributed by atoms with Crippen molar-refractivity contribution in [1.29, 1.82) is 0 Å². The number of ether oxygens (including phenoxy) is 1. The second kappa shape index (κ2) is 5.10. The van der Waals surface area contributed by atoms with Crippen LogP contribution in [-0.2, 0) is 4.74 Å². The first-order valence-electron chi connectivity index (χ1n) is 4.66. The zero-order valence-corrected chi connectivity index (χ0v) is 8.66. The zero-order valence-electron chi connectivity index (χ0n) is 7.84. The second-order valence-corrected chi connectivity index (χ2v) is 5.00. The summed E-state index contributed by atoms with van der Waals surface area (Å²) in [5.74, 6) is 1.30. The number of rotatable bonds is 5. The van der Waals surface area contributed by atoms with Crippen LogP contribution in [0.4, 0.5) is 0 Å². The summed E-state index contributed by atoms with van der Waals surface area (Å²) >= 11 is 2.06. The van der Waals surface area contributed by atoms with Crippen molar-refractivity contribution in [2.45, 2.75) is 30.4 Å². The zero-order chi connectivity index (χ0) is 8.86. The van der Waals surface area contributed by atoms with Crippen molar-refractivity contribution in [3.63, 3.8) is 0 Å². The molecule has 0 aromatic heterocycles. The molecule has 2 nitrogen and oxygen atoms in total. The van der Waals surface area contributed by atoms with Crippen molar-refractivity contribution in [3.8, 4) is 0 Å². The second-order valence-electron chi connectivity index (χ2n) is 3.44. The maximum atomic E-state index is 5.79. The molecule has 1 fully saturated rings. The minimum Gasteiger partial charge on any atom is -0.385 e. The number of hydrogen-bond acceptors (Lipinski definition) is 3. The third kappa shape index (κ3) is 2.64. The molecule has 0 aromatic rings. The molecule has 0 spiro atoms. The summed E-state index contributed by atoms with van der Waals surface area (Å²) in [4.78, 5) is 0. The Morgan fingerprint density at radius 1 is 1.58 bits per heavy atom. The van der Waals surface area contributed by atoms with E-state index in [1.54, 1.807) is 7.11 Å². The Kier molecular flexibility index (Phi) is 4.40. The van der Waals surface area contributed by atoms with Gasteiger partial charge in [0.2, 0.25) is 0 Å². The predicted octanol–water partition coefficient (Wildman–Crippen LogP) is 1.64. The first kappa shape index (κ1) is 10.4. The highest BCUT2D eigenvalue weighted by molar-refractivity contribution is 8.00. The Morgan fingerprint density at radius 2 is 2.42 bits per heavy atom. The van der Waals surface area contributed by atoms with Gasteiger partial charge in [-0.15, -0.1) is 0 Å². The van der Waals surface area contributed by atoms with Gasteiger partial charge in [-0.05, 0) is 31.4 Å². The lowest BCUT2D eigenvalue weighted by Crippen LogP contribution is -2.31. The summed E-state index contributed by atoms with van der Waals surface area (Å²) in [6, 6.07) is 0. The lowest BCUT2D eigenvalue weighted by molar-refractivity contribution is 0.189. The molecule has 0 amide bonds. The van der Waals surface area contributed by atoms with Gasteiger partial charge >= 0.3 is 0 Å². The van der Waals surface area contributed by atoms with Crippen LogP contribution in [0.25, 0.3) is 0 Å². The van der Waals surface area contributed by atoms with Gasteiger partial charge < -0.3 is 10.5 Å². The van der Waals surface area contributed by atoms with Crippen LogP contribution in [-0.4, -0.2) is 30.8 Å². The van der Waals surface area contributed by atoms with E-state index in [0.717, 1.165) is 19.6 Å². The molecule has 0 aromatic carbocycles. The smallest absolute Gasteiger partial charge is 0.0462 e. The highest BCUT2D eigenvalue weighted by Crippen LogP contribution is 2.40. The summed E-state index contributed by atoms with van der Waals surface area (Å²) in [6.45, 7) is 1.71. The number of hydrogen-bond donors (Lipinski definition) is 1. The molecule has 3 heteroatoms. The van der Waals surface area contributed by atoms with Crippen LogP contribution in [0.5, 0.6) is 0 Å². The summed E-state index contributed by atoms with van der Waals surface area (Å²) in [6.07, 6.45) is 5.02. The molecule has 0 bridgehead atoms. The fourth-order valence-corrected chi connectivity index (χ4v) is 3.17. The van der Waals surface area contributed by atoms with Gasteiger partial charge in [-0.2, -0.15) is 11.8 Å². The molecular weight excluding hydrogens is 170 g/mol. The molecule has 0 saturated carbocycles. The van der Waals surface area contributed by atoms with Crippen LogP contribution < -0.4 is 5.73 Å². The molecule has 0 aliphatic carbocycles. The monoisotopic (exact) mass is 189 g/mol. The summed E-state index contributed by atoms with van der Waals surface area (Å²) in [5.41, 5.74) is 5.79. The van der Waals surface area contributed by atoms with Crippen LogP contribution >= 0.6 is 11.8 Å². The van der Waals surface area contributed by atoms with Crippen LogP contribution in [0.15, 0.2) is 0 Å². The van der Waals surface area contributed by atoms with E-state index in [-0.39, 0.29) is 0 Å². The van der Waals surface area contributed by atoms with Gasteiger partial charge in [-0.3, -0.25) is 0 Å². The van der Waals surface area contributed by atoms with Crippen molar-refractivity contribution in [3.05, 3.63) is 0 Å². The molecule has 12 heavy (non-hydrogen) atoms. The molecule has 1 unspecified atom stereocenters. The average molecular weight is 189 g/mol. The molecule has 2 N–H and O–H groups in total. The van der Waals surface area contributed by atoms with E-state index in [1.807, 2.05) is 0 Å². The highest BCUT2D eigenvalue weighted by Gasteiger charge is 2.32. The molecular formula is C9H19NOS. The van der Waals surface area contributed by atoms with E-state index >= 15 is 0 Å². The maximum Gasteiger partial charge on any atom is 0.0462 e. The van der Waals surface area contributed by atoms with E-state index in [2.05, 4.69) is 11.8 Å². The quantitative estimate of drug-likeness (QED) is 0.668. The van der Waals surface area contributed by atoms with Gasteiger partial charge in [-0.1, -0.05) is 0 Å². The Hall–Kier alpha value is 0.270. The van der Waals surface area contributed by atoms with E-state index in [1.165, 1.54) is 25.0 Å². The predicted molar refractivity (Wildman–Crippen MR) is 54.6 cm³/mol. The molecule has 1 heterocycles. The van der Waals surface area contributed by atoms with Crippen molar-refractivity contribution in [1.82, 2.24) is 0 Å². The van der Waals surface area contributed by atoms with Gasteiger partial charge in [0.15, 0.2) is 0 Å². The van der Waals surface area contributed by atoms with Crippen molar-refractivity contribution in [2.24, 2.45) is 5.73 Å². The lowest BCUT2D eigenvalue weighted by atomic mass is 9.98. The van der Waals surface area contributed by atoms with Crippen molar-refractivity contribution < 1.29 is 4.74 Å². The molecule has 1 rings (SSSR count). The number of nitrogens with two attached hydrogens (primary N) is 1. The SMILES string of the molecule is COCCCC1(CN)CCCS1. The van der Waals surface area contributed by atoms with Crippen LogP contribution in [0.2, 0.25) is 0 Å². The first-order valence-corrected chi connectivity index (χ1v) is 5.64. The van der Waals surface area contributed by atoms with Crippen molar-refractivity contribution >= 4 is 11.8 Å². The third-order valence-corrected chi connectivity index (χ3v) is 4.22. The van der Waals surface area contributed by atoms with Gasteiger partial charge in [0, 0.05) is 25.0 Å². The molecule has 1 aliphatic heterocycles. The Morgan fingerprint density at radius 3 is 2.92 bits per heavy atom. The minimum absolute atomic E-state index is 0.401. The molecule has 1 saturated heterocycles.